The number of aryl methyl sites for hydroxylation is 2. The van der Waals surface area contributed by atoms with Gasteiger partial charge < -0.3 is 14.6 Å². The fraction of sp³-hybridized carbons (Fsp3) is 0.281. The molecular weight excluding hydrogens is 470 g/mol. The smallest absolute Gasteiger partial charge is 0.139 e. The summed E-state index contributed by atoms with van der Waals surface area (Å²) in [5.74, 6) is 6.07. The quantitative estimate of drug-likeness (QED) is 0.342. The van der Waals surface area contributed by atoms with Gasteiger partial charge in [0.15, 0.2) is 0 Å². The van der Waals surface area contributed by atoms with Crippen LogP contribution in [0.15, 0.2) is 48.8 Å². The van der Waals surface area contributed by atoms with Crippen molar-refractivity contribution in [3.8, 4) is 29.4 Å². The van der Waals surface area contributed by atoms with Gasteiger partial charge in [-0.2, -0.15) is 0 Å². The molecule has 0 atom stereocenters. The van der Waals surface area contributed by atoms with E-state index >= 15 is 0 Å². The Morgan fingerprint density at radius 2 is 1.79 bits per heavy atom. The van der Waals surface area contributed by atoms with Crippen LogP contribution in [0.3, 0.4) is 0 Å². The number of nitrogens with zero attached hydrogens (tertiary/aromatic N) is 4. The van der Waals surface area contributed by atoms with Gasteiger partial charge in [0, 0.05) is 47.8 Å². The van der Waals surface area contributed by atoms with Crippen LogP contribution in [0.1, 0.15) is 58.2 Å². The number of methoxy groups -OCH3 is 1. The highest BCUT2D eigenvalue weighted by Gasteiger charge is 2.28. The van der Waals surface area contributed by atoms with Gasteiger partial charge in [-0.25, -0.2) is 15.0 Å². The van der Waals surface area contributed by atoms with Gasteiger partial charge >= 0.3 is 0 Å². The maximum absolute atomic E-state index is 5.53. The highest BCUT2D eigenvalue weighted by atomic mass is 16.5. The van der Waals surface area contributed by atoms with Gasteiger partial charge in [0.1, 0.15) is 23.7 Å². The number of aromatic amines is 1. The van der Waals surface area contributed by atoms with Crippen LogP contribution < -0.4 is 9.64 Å². The van der Waals surface area contributed by atoms with Crippen molar-refractivity contribution < 1.29 is 4.74 Å². The second kappa shape index (κ2) is 9.83. The van der Waals surface area contributed by atoms with Crippen LogP contribution in [-0.2, 0) is 6.42 Å². The SMILES string of the molecule is C#Cc1ccc(C2=Cc3c(ncnc3N3CCC(c4nc(-c5ccc(C)c(OC)c5)c(C)[nH]4)CC3)C2)cc1. The Morgan fingerprint density at radius 1 is 1.03 bits per heavy atom. The molecule has 6 rings (SSSR count). The first kappa shape index (κ1) is 24.0. The van der Waals surface area contributed by atoms with E-state index in [9.17, 15) is 0 Å². The third kappa shape index (κ3) is 4.35. The molecule has 0 radical (unpaired) electrons. The number of hydrogen-bond acceptors (Lipinski definition) is 5. The zero-order valence-electron chi connectivity index (χ0n) is 22.1. The zero-order valence-corrected chi connectivity index (χ0v) is 22.1. The largest absolute Gasteiger partial charge is 0.496 e. The number of fused-ring (bicyclic) bond motifs is 1. The number of nitrogens with one attached hydrogen (secondary N) is 1. The molecular formula is C32H31N5O. The average molecular weight is 502 g/mol. The van der Waals surface area contributed by atoms with Crippen molar-refractivity contribution in [2.75, 3.05) is 25.1 Å². The lowest BCUT2D eigenvalue weighted by molar-refractivity contribution is 0.412. The van der Waals surface area contributed by atoms with Gasteiger partial charge in [0.25, 0.3) is 0 Å². The first-order valence-corrected chi connectivity index (χ1v) is 13.1. The maximum atomic E-state index is 5.53. The summed E-state index contributed by atoms with van der Waals surface area (Å²) in [4.78, 5) is 20.3. The Morgan fingerprint density at radius 3 is 2.53 bits per heavy atom. The second-order valence-electron chi connectivity index (χ2n) is 10.2. The van der Waals surface area contributed by atoms with E-state index in [0.717, 1.165) is 89.1 Å². The first-order chi connectivity index (χ1) is 18.5. The first-order valence-electron chi connectivity index (χ1n) is 13.1. The van der Waals surface area contributed by atoms with Gasteiger partial charge in [0.2, 0.25) is 0 Å². The molecule has 2 aromatic carbocycles. The van der Waals surface area contributed by atoms with E-state index in [1.54, 1.807) is 13.4 Å². The van der Waals surface area contributed by atoms with E-state index < -0.39 is 0 Å². The number of rotatable bonds is 5. The Labute approximate surface area is 223 Å². The molecule has 1 fully saturated rings. The lowest BCUT2D eigenvalue weighted by Gasteiger charge is -2.32. The molecule has 2 aromatic heterocycles. The van der Waals surface area contributed by atoms with Gasteiger partial charge in [-0.3, -0.25) is 0 Å². The number of hydrogen-bond donors (Lipinski definition) is 1. The predicted octanol–water partition coefficient (Wildman–Crippen LogP) is 5.95. The zero-order chi connectivity index (χ0) is 26.2. The molecule has 0 unspecified atom stereocenters. The van der Waals surface area contributed by atoms with E-state index in [4.69, 9.17) is 21.1 Å². The molecule has 3 heterocycles. The third-order valence-corrected chi connectivity index (χ3v) is 7.81. The van der Waals surface area contributed by atoms with E-state index in [2.05, 4.69) is 71.0 Å². The highest BCUT2D eigenvalue weighted by molar-refractivity contribution is 5.91. The van der Waals surface area contributed by atoms with Crippen molar-refractivity contribution in [2.24, 2.45) is 0 Å². The summed E-state index contributed by atoms with van der Waals surface area (Å²) >= 11 is 0. The van der Waals surface area contributed by atoms with E-state index in [0.29, 0.717) is 5.92 Å². The maximum Gasteiger partial charge on any atom is 0.139 e. The predicted molar refractivity (Wildman–Crippen MR) is 152 cm³/mol. The highest BCUT2D eigenvalue weighted by Crippen LogP contribution is 2.38. The van der Waals surface area contributed by atoms with Crippen LogP contribution in [0, 0.1) is 26.2 Å². The Kier molecular flexibility index (Phi) is 6.21. The fourth-order valence-electron chi connectivity index (χ4n) is 5.62. The minimum absolute atomic E-state index is 0.390. The molecule has 6 heteroatoms. The van der Waals surface area contributed by atoms with Gasteiger partial charge in [-0.1, -0.05) is 30.2 Å². The van der Waals surface area contributed by atoms with Crippen LogP contribution in [0.4, 0.5) is 5.82 Å². The molecule has 38 heavy (non-hydrogen) atoms. The molecule has 6 nitrogen and oxygen atoms in total. The molecule has 0 saturated carbocycles. The van der Waals surface area contributed by atoms with E-state index in [1.165, 1.54) is 11.1 Å². The summed E-state index contributed by atoms with van der Waals surface area (Å²) in [7, 11) is 1.71. The summed E-state index contributed by atoms with van der Waals surface area (Å²) in [5, 5.41) is 0. The monoisotopic (exact) mass is 501 g/mol. The standard InChI is InChI=1S/C32H31N5O/c1-5-22-7-10-23(11-8-22)26-16-27-28(17-26)33-19-34-32(27)37-14-12-24(13-15-37)31-35-21(3)30(36-31)25-9-6-20(2)29(18-25)38-4/h1,6-11,16,18-19,24H,12-15,17H2,2-4H3,(H,35,36). The van der Waals surface area contributed by atoms with Crippen LogP contribution >= 0.6 is 0 Å². The van der Waals surface area contributed by atoms with Crippen LogP contribution in [0.2, 0.25) is 0 Å². The molecule has 190 valence electrons. The van der Waals surface area contributed by atoms with Crippen LogP contribution in [0.5, 0.6) is 5.75 Å². The van der Waals surface area contributed by atoms with Crippen LogP contribution in [-0.4, -0.2) is 40.1 Å². The van der Waals surface area contributed by atoms with E-state index in [1.807, 2.05) is 12.1 Å². The number of aromatic nitrogens is 4. The fourth-order valence-corrected chi connectivity index (χ4v) is 5.62. The number of terminal acetylenes is 1. The molecule has 1 aliphatic heterocycles. The van der Waals surface area contributed by atoms with Crippen molar-refractivity contribution in [1.29, 1.82) is 0 Å². The van der Waals surface area contributed by atoms with E-state index in [-0.39, 0.29) is 0 Å². The number of imidazole rings is 1. The number of anilines is 1. The number of ether oxygens (including phenoxy) is 1. The summed E-state index contributed by atoms with van der Waals surface area (Å²) in [5.41, 5.74) is 9.87. The van der Waals surface area contributed by atoms with Gasteiger partial charge in [-0.05, 0) is 67.7 Å². The second-order valence-corrected chi connectivity index (χ2v) is 10.2. The summed E-state index contributed by atoms with van der Waals surface area (Å²) in [6.07, 6.45) is 12.3. The summed E-state index contributed by atoms with van der Waals surface area (Å²) in [6, 6.07) is 14.5. The third-order valence-electron chi connectivity index (χ3n) is 7.81. The van der Waals surface area contributed by atoms with Crippen molar-refractivity contribution in [1.82, 2.24) is 19.9 Å². The lowest BCUT2D eigenvalue weighted by atomic mass is 9.96. The molecule has 0 spiro atoms. The Balaban J connectivity index is 1.18. The van der Waals surface area contributed by atoms with Crippen molar-refractivity contribution in [2.45, 2.75) is 39.0 Å². The molecule has 1 aliphatic carbocycles. The van der Waals surface area contributed by atoms with Crippen molar-refractivity contribution >= 4 is 17.5 Å². The molecule has 1 saturated heterocycles. The average Bonchev–Trinajstić information content (AvgIpc) is 3.57. The Hall–Kier alpha value is -4.37. The van der Waals surface area contributed by atoms with Gasteiger partial charge in [0.05, 0.1) is 18.5 Å². The van der Waals surface area contributed by atoms with Crippen molar-refractivity contribution in [3.63, 3.8) is 0 Å². The van der Waals surface area contributed by atoms with Gasteiger partial charge in [-0.15, -0.1) is 6.42 Å². The number of piperidine rings is 1. The lowest BCUT2D eigenvalue weighted by Crippen LogP contribution is -2.34. The Bertz CT molecular complexity index is 1570. The molecule has 4 aromatic rings. The normalized spacial score (nSPS) is 15.2. The topological polar surface area (TPSA) is 66.9 Å². The van der Waals surface area contributed by atoms with Crippen molar-refractivity contribution in [3.05, 3.63) is 88.3 Å². The molecule has 0 bridgehead atoms. The summed E-state index contributed by atoms with van der Waals surface area (Å²) < 4.78 is 5.53. The minimum Gasteiger partial charge on any atom is -0.496 e. The number of allylic oxidation sites excluding steroid dienone is 1. The number of H-pyrrole nitrogens is 1. The summed E-state index contributed by atoms with van der Waals surface area (Å²) in [6.45, 7) is 6.02. The molecule has 1 N–H and O–H groups in total. The molecule has 2 aliphatic rings. The minimum atomic E-state index is 0.390. The molecule has 0 amide bonds. The van der Waals surface area contributed by atoms with Crippen LogP contribution in [0.25, 0.3) is 22.9 Å². The number of benzene rings is 2.